The lowest BCUT2D eigenvalue weighted by molar-refractivity contribution is -0.137. The van der Waals surface area contributed by atoms with Crippen molar-refractivity contribution in [1.29, 1.82) is 0 Å². The van der Waals surface area contributed by atoms with Gasteiger partial charge in [0.15, 0.2) is 5.13 Å². The summed E-state index contributed by atoms with van der Waals surface area (Å²) < 4.78 is 4.77. The molecule has 8 nitrogen and oxygen atoms in total. The zero-order valence-electron chi connectivity index (χ0n) is 12.4. The molecule has 0 atom stereocenters. The van der Waals surface area contributed by atoms with E-state index in [4.69, 9.17) is 14.9 Å². The fourth-order valence-electron chi connectivity index (χ4n) is 1.82. The number of hydrogen-bond donors (Lipinski definition) is 3. The molecule has 0 radical (unpaired) electrons. The van der Waals surface area contributed by atoms with Crippen LogP contribution in [0.3, 0.4) is 0 Å². The van der Waals surface area contributed by atoms with E-state index in [2.05, 4.69) is 16.9 Å². The number of anilines is 1. The van der Waals surface area contributed by atoms with Crippen molar-refractivity contribution < 1.29 is 29.3 Å². The molecule has 1 aromatic rings. The predicted octanol–water partition coefficient (Wildman–Crippen LogP) is 2.69. The van der Waals surface area contributed by atoms with Crippen LogP contribution in [-0.2, 0) is 14.3 Å². The molecule has 1 amide bonds. The van der Waals surface area contributed by atoms with Crippen LogP contribution < -0.4 is 5.32 Å². The number of rotatable bonds is 10. The number of aromatic nitrogens is 1. The van der Waals surface area contributed by atoms with E-state index in [1.165, 1.54) is 6.08 Å². The minimum absolute atomic E-state index is 0.0733. The molecule has 0 saturated carbocycles. The molecule has 1 rings (SSSR count). The molecule has 3 N–H and O–H groups in total. The number of ether oxygens (including phenoxy) is 1. The molecule has 0 aromatic carbocycles. The summed E-state index contributed by atoms with van der Waals surface area (Å²) in [6.07, 6.45) is 1.18. The molecule has 126 valence electrons. The summed E-state index contributed by atoms with van der Waals surface area (Å²) in [5.74, 6) is -2.20. The highest BCUT2D eigenvalue weighted by molar-refractivity contribution is 7.13. The van der Waals surface area contributed by atoms with Crippen LogP contribution in [0.25, 0.3) is 0 Å². The Labute approximate surface area is 136 Å². The summed E-state index contributed by atoms with van der Waals surface area (Å²) in [5, 5.41) is 22.0. The highest BCUT2D eigenvalue weighted by atomic mass is 32.1. The number of nitrogens with zero attached hydrogens (tertiary/aromatic N) is 1. The predicted molar refractivity (Wildman–Crippen MR) is 83.8 cm³/mol. The van der Waals surface area contributed by atoms with E-state index in [0.29, 0.717) is 10.8 Å². The zero-order chi connectivity index (χ0) is 17.2. The van der Waals surface area contributed by atoms with E-state index in [0.717, 1.165) is 11.3 Å². The van der Waals surface area contributed by atoms with E-state index in [-0.39, 0.29) is 38.2 Å². The second-order valence-electron chi connectivity index (χ2n) is 4.65. The van der Waals surface area contributed by atoms with Gasteiger partial charge in [-0.25, -0.2) is 9.78 Å². The van der Waals surface area contributed by atoms with Crippen molar-refractivity contribution in [3.05, 3.63) is 23.7 Å². The quantitative estimate of drug-likeness (QED) is 0.558. The molecule has 0 aliphatic carbocycles. The number of hydrogen-bond acceptors (Lipinski definition) is 6. The number of carbonyl (C=O) groups is 3. The second kappa shape index (κ2) is 9.57. The lowest BCUT2D eigenvalue weighted by Gasteiger charge is -2.12. The SMILES string of the molecule is C=CCOC(=O)Nc1nc(C(CCC(=O)O)CCC(=O)O)cs1. The average Bonchev–Trinajstić information content (AvgIpc) is 2.92. The van der Waals surface area contributed by atoms with Gasteiger partial charge < -0.3 is 14.9 Å². The number of nitrogens with one attached hydrogen (secondary N) is 1. The van der Waals surface area contributed by atoms with Crippen LogP contribution in [0.4, 0.5) is 9.93 Å². The molecule has 0 fully saturated rings. The summed E-state index contributed by atoms with van der Waals surface area (Å²) in [5.41, 5.74) is 0.566. The molecular weight excluding hydrogens is 324 g/mol. The smallest absolute Gasteiger partial charge is 0.413 e. The van der Waals surface area contributed by atoms with Crippen LogP contribution in [0.2, 0.25) is 0 Å². The summed E-state index contributed by atoms with van der Waals surface area (Å²) in [6.45, 7) is 3.50. The Hall–Kier alpha value is -2.42. The largest absolute Gasteiger partial charge is 0.481 e. The Balaban J connectivity index is 2.69. The number of carbonyl (C=O) groups excluding carboxylic acids is 1. The van der Waals surface area contributed by atoms with Crippen molar-refractivity contribution in [3.63, 3.8) is 0 Å². The third-order valence-electron chi connectivity index (χ3n) is 2.89. The van der Waals surface area contributed by atoms with Gasteiger partial charge in [-0.05, 0) is 12.8 Å². The van der Waals surface area contributed by atoms with Crippen molar-refractivity contribution in [1.82, 2.24) is 4.98 Å². The summed E-state index contributed by atoms with van der Waals surface area (Å²) in [7, 11) is 0. The van der Waals surface area contributed by atoms with Crippen LogP contribution in [-0.4, -0.2) is 39.8 Å². The number of aliphatic carboxylic acids is 2. The normalized spacial score (nSPS) is 10.3. The summed E-state index contributed by atoms with van der Waals surface area (Å²) >= 11 is 1.16. The number of thiazole rings is 1. The Morgan fingerprint density at radius 3 is 2.43 bits per heavy atom. The fraction of sp³-hybridized carbons (Fsp3) is 0.429. The van der Waals surface area contributed by atoms with Gasteiger partial charge in [0.25, 0.3) is 0 Å². The van der Waals surface area contributed by atoms with Gasteiger partial charge in [0.05, 0.1) is 5.69 Å². The minimum Gasteiger partial charge on any atom is -0.481 e. The van der Waals surface area contributed by atoms with E-state index >= 15 is 0 Å². The first-order valence-corrected chi connectivity index (χ1v) is 7.74. The van der Waals surface area contributed by atoms with Crippen LogP contribution >= 0.6 is 11.3 Å². The zero-order valence-corrected chi connectivity index (χ0v) is 13.2. The van der Waals surface area contributed by atoms with Crippen molar-refractivity contribution in [3.8, 4) is 0 Å². The maximum atomic E-state index is 11.4. The van der Waals surface area contributed by atoms with Crippen LogP contribution in [0.5, 0.6) is 0 Å². The third-order valence-corrected chi connectivity index (χ3v) is 3.67. The Morgan fingerprint density at radius 1 is 1.30 bits per heavy atom. The molecule has 0 unspecified atom stereocenters. The molecule has 0 spiro atoms. The molecule has 1 heterocycles. The van der Waals surface area contributed by atoms with Crippen molar-refractivity contribution in [2.24, 2.45) is 0 Å². The monoisotopic (exact) mass is 342 g/mol. The molecule has 0 aliphatic rings. The van der Waals surface area contributed by atoms with E-state index < -0.39 is 18.0 Å². The standard InChI is InChI=1S/C14H18N2O6S/c1-2-7-22-14(21)16-13-15-10(8-23-13)9(3-5-11(17)18)4-6-12(19)20/h2,8-9H,1,3-7H2,(H,17,18)(H,19,20)(H,15,16,21). The van der Waals surface area contributed by atoms with Gasteiger partial charge in [0.2, 0.25) is 0 Å². The van der Waals surface area contributed by atoms with Crippen LogP contribution in [0.1, 0.15) is 37.3 Å². The van der Waals surface area contributed by atoms with Gasteiger partial charge in [0, 0.05) is 24.1 Å². The summed E-state index contributed by atoms with van der Waals surface area (Å²) in [6, 6.07) is 0. The Morgan fingerprint density at radius 2 is 1.91 bits per heavy atom. The van der Waals surface area contributed by atoms with Gasteiger partial charge in [-0.1, -0.05) is 12.7 Å². The molecule has 0 saturated heterocycles. The average molecular weight is 342 g/mol. The fourth-order valence-corrected chi connectivity index (χ4v) is 2.60. The van der Waals surface area contributed by atoms with Crippen molar-refractivity contribution in [2.45, 2.75) is 31.6 Å². The lowest BCUT2D eigenvalue weighted by atomic mass is 9.95. The van der Waals surface area contributed by atoms with Gasteiger partial charge in [-0.15, -0.1) is 11.3 Å². The van der Waals surface area contributed by atoms with E-state index in [9.17, 15) is 14.4 Å². The van der Waals surface area contributed by atoms with Crippen LogP contribution in [0.15, 0.2) is 18.0 Å². The Bertz CT molecular complexity index is 553. The Kier molecular flexibility index (Phi) is 7.75. The van der Waals surface area contributed by atoms with Crippen molar-refractivity contribution >= 4 is 34.5 Å². The van der Waals surface area contributed by atoms with Crippen molar-refractivity contribution in [2.75, 3.05) is 11.9 Å². The number of carboxylic acids is 2. The summed E-state index contributed by atoms with van der Waals surface area (Å²) in [4.78, 5) is 37.0. The van der Waals surface area contributed by atoms with E-state index in [1.807, 2.05) is 0 Å². The van der Waals surface area contributed by atoms with Gasteiger partial charge in [-0.3, -0.25) is 14.9 Å². The van der Waals surface area contributed by atoms with Crippen LogP contribution in [0, 0.1) is 0 Å². The topological polar surface area (TPSA) is 126 Å². The van der Waals surface area contributed by atoms with Gasteiger partial charge >= 0.3 is 18.0 Å². The first kappa shape index (κ1) is 18.6. The molecular formula is C14H18N2O6S. The van der Waals surface area contributed by atoms with E-state index in [1.54, 1.807) is 5.38 Å². The molecule has 23 heavy (non-hydrogen) atoms. The highest BCUT2D eigenvalue weighted by Gasteiger charge is 2.19. The van der Waals surface area contributed by atoms with Gasteiger partial charge in [0.1, 0.15) is 6.61 Å². The maximum Gasteiger partial charge on any atom is 0.413 e. The minimum atomic E-state index is -0.952. The number of carboxylic acid groups (broad SMARTS) is 2. The third kappa shape index (κ3) is 7.41. The highest BCUT2D eigenvalue weighted by Crippen LogP contribution is 2.29. The lowest BCUT2D eigenvalue weighted by Crippen LogP contribution is -2.13. The maximum absolute atomic E-state index is 11.4. The first-order chi connectivity index (χ1) is 10.9. The second-order valence-corrected chi connectivity index (χ2v) is 5.51. The number of amides is 1. The van der Waals surface area contributed by atoms with Gasteiger partial charge in [-0.2, -0.15) is 0 Å². The molecule has 9 heteroatoms. The molecule has 0 aliphatic heterocycles. The molecule has 1 aromatic heterocycles. The molecule has 0 bridgehead atoms. The first-order valence-electron chi connectivity index (χ1n) is 6.86.